The summed E-state index contributed by atoms with van der Waals surface area (Å²) in [5.41, 5.74) is 2.63. The number of guanidine groups is 1. The monoisotopic (exact) mass is 556 g/mol. The van der Waals surface area contributed by atoms with Crippen LogP contribution in [0.1, 0.15) is 23.5 Å². The van der Waals surface area contributed by atoms with Crippen molar-refractivity contribution in [3.8, 4) is 0 Å². The fraction of sp³-hybridized carbons (Fsp3) is 0.435. The van der Waals surface area contributed by atoms with Gasteiger partial charge in [0.15, 0.2) is 15.8 Å². The van der Waals surface area contributed by atoms with Crippen LogP contribution in [-0.4, -0.2) is 70.6 Å². The van der Waals surface area contributed by atoms with Gasteiger partial charge in [-0.25, -0.2) is 8.42 Å². The third kappa shape index (κ3) is 8.42. The molecule has 31 heavy (non-hydrogen) atoms. The van der Waals surface area contributed by atoms with E-state index in [1.54, 1.807) is 7.05 Å². The van der Waals surface area contributed by atoms with Crippen LogP contribution in [0, 0.1) is 0 Å². The Morgan fingerprint density at radius 1 is 0.935 bits per heavy atom. The summed E-state index contributed by atoms with van der Waals surface area (Å²) in [7, 11) is -1.05. The molecule has 1 heterocycles. The quantitative estimate of drug-likeness (QED) is 0.297. The lowest BCUT2D eigenvalue weighted by molar-refractivity contribution is 0.299. The summed E-state index contributed by atoms with van der Waals surface area (Å²) in [6.07, 6.45) is 0.957. The first kappa shape index (κ1) is 25.6. The molecule has 0 amide bonds. The van der Waals surface area contributed by atoms with Crippen LogP contribution >= 0.6 is 24.0 Å². The molecule has 2 N–H and O–H groups in total. The molecule has 2 aromatic carbocycles. The Hall–Kier alpha value is -1.65. The number of hydrogen-bond acceptors (Lipinski definition) is 4. The predicted molar refractivity (Wildman–Crippen MR) is 139 cm³/mol. The summed E-state index contributed by atoms with van der Waals surface area (Å²) in [5.74, 6) is 1.63. The fourth-order valence-corrected chi connectivity index (χ4v) is 5.04. The standard InChI is InChI=1S/C23H32N4O2S.HI/c1-24-23(26-14-15-27-16-18-30(28,29)19-17-27)25-13-12-22(20-8-4-2-5-9-20)21-10-6-3-7-11-21;/h2-11,22H,12-19H2,1H3,(H2,24,25,26);1H. The summed E-state index contributed by atoms with van der Waals surface area (Å²) in [6, 6.07) is 21.2. The summed E-state index contributed by atoms with van der Waals surface area (Å²) in [4.78, 5) is 6.50. The summed E-state index contributed by atoms with van der Waals surface area (Å²) < 4.78 is 23.1. The molecule has 0 atom stereocenters. The molecule has 0 aliphatic carbocycles. The molecule has 170 valence electrons. The second kappa shape index (κ2) is 13.0. The first-order valence-electron chi connectivity index (χ1n) is 10.5. The molecule has 1 aliphatic heterocycles. The van der Waals surface area contributed by atoms with Gasteiger partial charge in [-0.2, -0.15) is 0 Å². The van der Waals surface area contributed by atoms with Crippen molar-refractivity contribution in [3.63, 3.8) is 0 Å². The highest BCUT2D eigenvalue weighted by molar-refractivity contribution is 14.0. The Balaban J connectivity index is 0.00000341. The van der Waals surface area contributed by atoms with Gasteiger partial charge in [0, 0.05) is 45.7 Å². The van der Waals surface area contributed by atoms with Crippen LogP contribution in [0.15, 0.2) is 65.7 Å². The lowest BCUT2D eigenvalue weighted by Gasteiger charge is -2.26. The Morgan fingerprint density at radius 3 is 1.97 bits per heavy atom. The van der Waals surface area contributed by atoms with Crippen molar-refractivity contribution in [2.24, 2.45) is 4.99 Å². The largest absolute Gasteiger partial charge is 0.356 e. The minimum absolute atomic E-state index is 0. The molecule has 8 heteroatoms. The lowest BCUT2D eigenvalue weighted by Crippen LogP contribution is -2.46. The van der Waals surface area contributed by atoms with Crippen LogP contribution < -0.4 is 10.6 Å². The third-order valence-electron chi connectivity index (χ3n) is 5.51. The first-order valence-corrected chi connectivity index (χ1v) is 12.4. The van der Waals surface area contributed by atoms with Crippen molar-refractivity contribution in [3.05, 3.63) is 71.8 Å². The maximum Gasteiger partial charge on any atom is 0.191 e. The van der Waals surface area contributed by atoms with Crippen LogP contribution in [0.2, 0.25) is 0 Å². The normalized spacial score (nSPS) is 16.5. The minimum atomic E-state index is -2.83. The molecule has 3 rings (SSSR count). The maximum atomic E-state index is 11.5. The minimum Gasteiger partial charge on any atom is -0.356 e. The Kier molecular flexibility index (Phi) is 10.8. The van der Waals surface area contributed by atoms with Crippen LogP contribution in [0.3, 0.4) is 0 Å². The third-order valence-corrected chi connectivity index (χ3v) is 7.12. The number of sulfone groups is 1. The number of halogens is 1. The fourth-order valence-electron chi connectivity index (χ4n) is 3.76. The van der Waals surface area contributed by atoms with Gasteiger partial charge in [0.2, 0.25) is 0 Å². The first-order chi connectivity index (χ1) is 14.6. The molecule has 0 saturated carbocycles. The number of hydrogen-bond donors (Lipinski definition) is 2. The molecule has 1 saturated heterocycles. The van der Waals surface area contributed by atoms with Gasteiger partial charge in [-0.15, -0.1) is 24.0 Å². The summed E-state index contributed by atoms with van der Waals surface area (Å²) in [5, 5.41) is 6.75. The number of nitrogens with zero attached hydrogens (tertiary/aromatic N) is 2. The molecule has 0 bridgehead atoms. The number of aliphatic imine (C=N–C) groups is 1. The number of benzene rings is 2. The highest BCUT2D eigenvalue weighted by atomic mass is 127. The van der Waals surface area contributed by atoms with E-state index in [-0.39, 0.29) is 35.5 Å². The molecule has 6 nitrogen and oxygen atoms in total. The van der Waals surface area contributed by atoms with E-state index in [0.717, 1.165) is 32.0 Å². The Labute approximate surface area is 203 Å². The molecule has 0 radical (unpaired) electrons. The van der Waals surface area contributed by atoms with E-state index in [4.69, 9.17) is 0 Å². The topological polar surface area (TPSA) is 73.8 Å². The molecule has 0 unspecified atom stereocenters. The van der Waals surface area contributed by atoms with Crippen molar-refractivity contribution in [1.82, 2.24) is 15.5 Å². The van der Waals surface area contributed by atoms with Crippen LogP contribution in [-0.2, 0) is 9.84 Å². The van der Waals surface area contributed by atoms with E-state index in [2.05, 4.69) is 69.1 Å². The molecule has 1 fully saturated rings. The maximum absolute atomic E-state index is 11.5. The van der Waals surface area contributed by atoms with E-state index in [0.29, 0.717) is 19.0 Å². The SMILES string of the molecule is CN=C(NCCC(c1ccccc1)c1ccccc1)NCCN1CCS(=O)(=O)CC1.I. The van der Waals surface area contributed by atoms with Gasteiger partial charge < -0.3 is 10.6 Å². The van der Waals surface area contributed by atoms with Gasteiger partial charge in [-0.05, 0) is 17.5 Å². The highest BCUT2D eigenvalue weighted by Crippen LogP contribution is 2.27. The van der Waals surface area contributed by atoms with Crippen molar-refractivity contribution in [2.75, 3.05) is 51.3 Å². The molecule has 2 aromatic rings. The summed E-state index contributed by atoms with van der Waals surface area (Å²) in [6.45, 7) is 3.58. The average Bonchev–Trinajstić information content (AvgIpc) is 2.77. The Morgan fingerprint density at radius 2 is 1.45 bits per heavy atom. The smallest absolute Gasteiger partial charge is 0.191 e. The van der Waals surface area contributed by atoms with Gasteiger partial charge in [-0.1, -0.05) is 60.7 Å². The van der Waals surface area contributed by atoms with Crippen molar-refractivity contribution >= 4 is 39.8 Å². The van der Waals surface area contributed by atoms with Crippen LogP contribution in [0.25, 0.3) is 0 Å². The van der Waals surface area contributed by atoms with E-state index >= 15 is 0 Å². The predicted octanol–water partition coefficient (Wildman–Crippen LogP) is 2.72. The van der Waals surface area contributed by atoms with E-state index in [1.807, 2.05) is 12.1 Å². The zero-order chi connectivity index (χ0) is 21.2. The average molecular weight is 557 g/mol. The van der Waals surface area contributed by atoms with E-state index < -0.39 is 9.84 Å². The van der Waals surface area contributed by atoms with Gasteiger partial charge in [-0.3, -0.25) is 9.89 Å². The Bertz CT molecular complexity index is 854. The van der Waals surface area contributed by atoms with Crippen LogP contribution in [0.4, 0.5) is 0 Å². The van der Waals surface area contributed by atoms with Gasteiger partial charge in [0.05, 0.1) is 11.5 Å². The van der Waals surface area contributed by atoms with E-state index in [1.165, 1.54) is 11.1 Å². The second-order valence-electron chi connectivity index (χ2n) is 7.58. The number of rotatable bonds is 8. The van der Waals surface area contributed by atoms with Gasteiger partial charge in [0.1, 0.15) is 0 Å². The number of nitrogens with one attached hydrogen (secondary N) is 2. The molecule has 0 aromatic heterocycles. The molecule has 1 aliphatic rings. The molecule has 0 spiro atoms. The van der Waals surface area contributed by atoms with Gasteiger partial charge >= 0.3 is 0 Å². The molecular weight excluding hydrogens is 523 g/mol. The van der Waals surface area contributed by atoms with Gasteiger partial charge in [0.25, 0.3) is 0 Å². The highest BCUT2D eigenvalue weighted by Gasteiger charge is 2.21. The van der Waals surface area contributed by atoms with Crippen molar-refractivity contribution in [1.29, 1.82) is 0 Å². The zero-order valence-corrected chi connectivity index (χ0v) is 21.2. The second-order valence-corrected chi connectivity index (χ2v) is 9.89. The van der Waals surface area contributed by atoms with Crippen LogP contribution in [0.5, 0.6) is 0 Å². The lowest BCUT2D eigenvalue weighted by atomic mass is 9.88. The van der Waals surface area contributed by atoms with E-state index in [9.17, 15) is 8.42 Å². The van der Waals surface area contributed by atoms with Crippen molar-refractivity contribution in [2.45, 2.75) is 12.3 Å². The molecular formula is C23H33IN4O2S. The van der Waals surface area contributed by atoms with Crippen molar-refractivity contribution < 1.29 is 8.42 Å². The summed E-state index contributed by atoms with van der Waals surface area (Å²) >= 11 is 0. The zero-order valence-electron chi connectivity index (χ0n) is 18.0.